The van der Waals surface area contributed by atoms with Gasteiger partial charge < -0.3 is 0 Å². The molecule has 0 aliphatic carbocycles. The molecule has 0 aromatic heterocycles. The van der Waals surface area contributed by atoms with Crippen molar-refractivity contribution in [1.82, 2.24) is 0 Å². The molecule has 0 spiro atoms. The zero-order valence-electron chi connectivity index (χ0n) is 7.14. The average molecular weight is 206 g/mol. The predicted octanol–water partition coefficient (Wildman–Crippen LogP) is 2.10. The number of hydrogen-bond donors (Lipinski definition) is 0. The van der Waals surface area contributed by atoms with Gasteiger partial charge >= 0.3 is 10.2 Å². The van der Waals surface area contributed by atoms with Gasteiger partial charge in [0.25, 0.3) is 0 Å². The van der Waals surface area contributed by atoms with E-state index >= 15 is 0 Å². The van der Waals surface area contributed by atoms with E-state index in [4.69, 9.17) is 0 Å². The Balaban J connectivity index is 3.53. The lowest BCUT2D eigenvalue weighted by atomic mass is 10.1. The minimum atomic E-state index is -4.74. The molecule has 0 N–H and O–H groups in total. The highest BCUT2D eigenvalue weighted by Gasteiger charge is 2.17. The third-order valence-corrected chi connectivity index (χ3v) is 2.90. The Bertz CT molecular complexity index is 438. The van der Waals surface area contributed by atoms with E-state index in [1.165, 1.54) is 13.8 Å². The van der Waals surface area contributed by atoms with Gasteiger partial charge in [-0.25, -0.2) is 4.39 Å². The van der Waals surface area contributed by atoms with Gasteiger partial charge in [-0.3, -0.25) is 0 Å². The molecule has 1 rings (SSSR count). The first-order valence-electron chi connectivity index (χ1n) is 3.54. The molecule has 13 heavy (non-hydrogen) atoms. The van der Waals surface area contributed by atoms with Crippen LogP contribution >= 0.6 is 0 Å². The summed E-state index contributed by atoms with van der Waals surface area (Å²) < 4.78 is 46.4. The van der Waals surface area contributed by atoms with Crippen LogP contribution in [-0.2, 0) is 10.2 Å². The van der Waals surface area contributed by atoms with Crippen molar-refractivity contribution in [2.24, 2.45) is 0 Å². The highest BCUT2D eigenvalue weighted by Crippen LogP contribution is 2.22. The van der Waals surface area contributed by atoms with Gasteiger partial charge in [-0.2, -0.15) is 8.42 Å². The van der Waals surface area contributed by atoms with Crippen LogP contribution in [0.4, 0.5) is 8.28 Å². The molecule has 0 fully saturated rings. The second-order valence-corrected chi connectivity index (χ2v) is 4.05. The van der Waals surface area contributed by atoms with Crippen LogP contribution in [0.1, 0.15) is 11.1 Å². The molecule has 0 atom stereocenters. The molecule has 0 radical (unpaired) electrons. The van der Waals surface area contributed by atoms with Gasteiger partial charge in [0.05, 0.1) is 0 Å². The van der Waals surface area contributed by atoms with Crippen molar-refractivity contribution >= 4 is 10.2 Å². The van der Waals surface area contributed by atoms with Crippen LogP contribution in [0.15, 0.2) is 17.0 Å². The van der Waals surface area contributed by atoms with Crippen LogP contribution in [0.5, 0.6) is 0 Å². The van der Waals surface area contributed by atoms with Gasteiger partial charge in [0.1, 0.15) is 10.7 Å². The smallest absolute Gasteiger partial charge is 0.207 e. The standard InChI is InChI=1S/C8H8F2O2S/c1-5-6(2)8(13(10,11)12)4-3-7(5)9/h3-4H,1-2H3. The number of hydrogen-bond acceptors (Lipinski definition) is 2. The Morgan fingerprint density at radius 2 is 1.69 bits per heavy atom. The molecular weight excluding hydrogens is 198 g/mol. The second kappa shape index (κ2) is 3.06. The Labute approximate surface area is 75.4 Å². The quantitative estimate of drug-likeness (QED) is 0.659. The van der Waals surface area contributed by atoms with E-state index in [0.29, 0.717) is 0 Å². The second-order valence-electron chi connectivity index (χ2n) is 2.73. The summed E-state index contributed by atoms with van der Waals surface area (Å²) in [6, 6.07) is 1.86. The zero-order chi connectivity index (χ0) is 10.2. The van der Waals surface area contributed by atoms with E-state index in [1.807, 2.05) is 0 Å². The van der Waals surface area contributed by atoms with Crippen molar-refractivity contribution in [1.29, 1.82) is 0 Å². The minimum absolute atomic E-state index is 0.113. The molecule has 0 aliphatic heterocycles. The monoisotopic (exact) mass is 206 g/mol. The van der Waals surface area contributed by atoms with E-state index in [-0.39, 0.29) is 11.1 Å². The Kier molecular flexibility index (Phi) is 2.38. The summed E-state index contributed by atoms with van der Waals surface area (Å²) in [5.41, 5.74) is 0.265. The summed E-state index contributed by atoms with van der Waals surface area (Å²) in [4.78, 5) is -0.466. The maximum absolute atomic E-state index is 12.8. The molecule has 2 nitrogen and oxygen atoms in total. The molecular formula is C8H8F2O2S. The van der Waals surface area contributed by atoms with Crippen LogP contribution in [0, 0.1) is 19.7 Å². The molecule has 5 heteroatoms. The molecule has 0 aliphatic rings. The molecule has 1 aromatic rings. The van der Waals surface area contributed by atoms with Gasteiger partial charge in [-0.05, 0) is 37.1 Å². The summed E-state index contributed by atoms with van der Waals surface area (Å²) in [6.07, 6.45) is 0. The Morgan fingerprint density at radius 1 is 1.15 bits per heavy atom. The van der Waals surface area contributed by atoms with Crippen LogP contribution in [-0.4, -0.2) is 8.42 Å². The lowest BCUT2D eigenvalue weighted by Gasteiger charge is -2.04. The minimum Gasteiger partial charge on any atom is -0.207 e. The first-order chi connectivity index (χ1) is 5.84. The molecule has 0 heterocycles. The summed E-state index contributed by atoms with van der Waals surface area (Å²) in [5, 5.41) is 0. The largest absolute Gasteiger partial charge is 0.332 e. The molecule has 0 bridgehead atoms. The maximum Gasteiger partial charge on any atom is 0.332 e. The SMILES string of the molecule is Cc1c(F)ccc(S(=O)(=O)F)c1C. The summed E-state index contributed by atoms with van der Waals surface area (Å²) >= 11 is 0. The predicted molar refractivity (Wildman–Crippen MR) is 44.2 cm³/mol. The molecule has 0 saturated heterocycles. The van der Waals surface area contributed by atoms with E-state index in [1.54, 1.807) is 0 Å². The summed E-state index contributed by atoms with van der Waals surface area (Å²) in [5.74, 6) is -0.537. The fraction of sp³-hybridized carbons (Fsp3) is 0.250. The lowest BCUT2D eigenvalue weighted by molar-refractivity contribution is 0.550. The molecule has 0 saturated carbocycles. The van der Waals surface area contributed by atoms with Gasteiger partial charge in [0, 0.05) is 0 Å². The van der Waals surface area contributed by atoms with Crippen molar-refractivity contribution in [3.8, 4) is 0 Å². The van der Waals surface area contributed by atoms with Crippen molar-refractivity contribution in [2.45, 2.75) is 18.7 Å². The van der Waals surface area contributed by atoms with Crippen molar-refractivity contribution in [3.63, 3.8) is 0 Å². The number of rotatable bonds is 1. The van der Waals surface area contributed by atoms with Crippen molar-refractivity contribution in [2.75, 3.05) is 0 Å². The van der Waals surface area contributed by atoms with Gasteiger partial charge in [-0.1, -0.05) is 0 Å². The lowest BCUT2D eigenvalue weighted by Crippen LogP contribution is -1.99. The summed E-state index contributed by atoms with van der Waals surface area (Å²) in [7, 11) is -4.74. The van der Waals surface area contributed by atoms with E-state index in [9.17, 15) is 16.7 Å². The molecule has 0 amide bonds. The Hall–Kier alpha value is -0.970. The van der Waals surface area contributed by atoms with Crippen LogP contribution < -0.4 is 0 Å². The van der Waals surface area contributed by atoms with Crippen LogP contribution in [0.2, 0.25) is 0 Å². The topological polar surface area (TPSA) is 34.1 Å². The van der Waals surface area contributed by atoms with E-state index in [0.717, 1.165) is 12.1 Å². The first kappa shape index (κ1) is 10.1. The highest BCUT2D eigenvalue weighted by molar-refractivity contribution is 7.86. The third kappa shape index (κ3) is 1.85. The van der Waals surface area contributed by atoms with Crippen molar-refractivity contribution < 1.29 is 16.7 Å². The van der Waals surface area contributed by atoms with Gasteiger partial charge in [-0.15, -0.1) is 3.89 Å². The van der Waals surface area contributed by atoms with Crippen LogP contribution in [0.3, 0.4) is 0 Å². The fourth-order valence-electron chi connectivity index (χ4n) is 1.03. The zero-order valence-corrected chi connectivity index (χ0v) is 7.95. The van der Waals surface area contributed by atoms with Gasteiger partial charge in [0.2, 0.25) is 0 Å². The number of benzene rings is 1. The van der Waals surface area contributed by atoms with Crippen LogP contribution in [0.25, 0.3) is 0 Å². The third-order valence-electron chi connectivity index (χ3n) is 1.93. The summed E-state index contributed by atoms with van der Waals surface area (Å²) in [6.45, 7) is 2.77. The normalized spacial score (nSPS) is 11.7. The highest BCUT2D eigenvalue weighted by atomic mass is 32.3. The maximum atomic E-state index is 12.8. The van der Waals surface area contributed by atoms with Gasteiger partial charge in [0.15, 0.2) is 0 Å². The van der Waals surface area contributed by atoms with Crippen molar-refractivity contribution in [3.05, 3.63) is 29.1 Å². The van der Waals surface area contributed by atoms with E-state index < -0.39 is 20.9 Å². The average Bonchev–Trinajstić information content (AvgIpc) is 1.98. The molecule has 1 aromatic carbocycles. The molecule has 0 unspecified atom stereocenters. The Morgan fingerprint density at radius 3 is 2.15 bits per heavy atom. The number of halogens is 2. The molecule has 72 valence electrons. The van der Waals surface area contributed by atoms with E-state index in [2.05, 4.69) is 0 Å². The fourth-order valence-corrected chi connectivity index (χ4v) is 1.78. The first-order valence-corrected chi connectivity index (χ1v) is 4.92.